The molecule has 2 aromatic heterocycles. The Morgan fingerprint density at radius 1 is 1.29 bits per heavy atom. The molecule has 0 aliphatic rings. The minimum atomic E-state index is 0.318. The Morgan fingerprint density at radius 3 is 2.65 bits per heavy atom. The third kappa shape index (κ3) is 2.79. The fourth-order valence-corrected chi connectivity index (χ4v) is 1.50. The molecule has 2 rings (SSSR count). The van der Waals surface area contributed by atoms with E-state index in [-0.39, 0.29) is 0 Å². The highest BCUT2D eigenvalue weighted by Gasteiger charge is 2.06. The molecule has 0 aliphatic carbocycles. The molecule has 0 aromatic carbocycles. The zero-order valence-electron chi connectivity index (χ0n) is 9.52. The maximum Gasteiger partial charge on any atom is 0.240 e. The van der Waals surface area contributed by atoms with Crippen LogP contribution < -0.4 is 10.5 Å². The highest BCUT2D eigenvalue weighted by molar-refractivity contribution is 7.80. The second-order valence-electron chi connectivity index (χ2n) is 3.69. The standard InChI is InChI=1S/C11H12N4OS/c1-6-3-8(11(12)17)5-9(13-6)16-10-4-7(2)14-15-10/h3-5H,1-2H3,(H2,12,17)(H,14,15). The fourth-order valence-electron chi connectivity index (χ4n) is 1.39. The molecule has 0 atom stereocenters. The number of pyridine rings is 1. The van der Waals surface area contributed by atoms with Crippen molar-refractivity contribution in [3.63, 3.8) is 0 Å². The van der Waals surface area contributed by atoms with Crippen LogP contribution in [0.2, 0.25) is 0 Å². The van der Waals surface area contributed by atoms with Gasteiger partial charge < -0.3 is 10.5 Å². The summed E-state index contributed by atoms with van der Waals surface area (Å²) in [4.78, 5) is 4.55. The molecule has 0 saturated carbocycles. The van der Waals surface area contributed by atoms with Gasteiger partial charge in [-0.3, -0.25) is 5.10 Å². The summed E-state index contributed by atoms with van der Waals surface area (Å²) in [7, 11) is 0. The van der Waals surface area contributed by atoms with Crippen molar-refractivity contribution in [2.24, 2.45) is 5.73 Å². The van der Waals surface area contributed by atoms with Gasteiger partial charge in [0.15, 0.2) is 0 Å². The summed E-state index contributed by atoms with van der Waals surface area (Å²) in [5.41, 5.74) is 8.01. The van der Waals surface area contributed by atoms with Crippen molar-refractivity contribution in [3.05, 3.63) is 35.2 Å². The van der Waals surface area contributed by atoms with Crippen LogP contribution >= 0.6 is 12.2 Å². The summed E-state index contributed by atoms with van der Waals surface area (Å²) in [6.45, 7) is 3.74. The van der Waals surface area contributed by atoms with Crippen LogP contribution in [0.15, 0.2) is 18.2 Å². The van der Waals surface area contributed by atoms with Gasteiger partial charge in [-0.15, -0.1) is 5.10 Å². The van der Waals surface area contributed by atoms with Crippen LogP contribution in [-0.4, -0.2) is 20.2 Å². The molecule has 0 aliphatic heterocycles. The molecule has 88 valence electrons. The van der Waals surface area contributed by atoms with Crippen LogP contribution in [0.3, 0.4) is 0 Å². The summed E-state index contributed by atoms with van der Waals surface area (Å²) in [6.07, 6.45) is 0. The van der Waals surface area contributed by atoms with Crippen LogP contribution in [0, 0.1) is 13.8 Å². The molecule has 2 aromatic rings. The van der Waals surface area contributed by atoms with E-state index in [1.165, 1.54) is 0 Å². The normalized spacial score (nSPS) is 10.2. The topological polar surface area (TPSA) is 76.8 Å². The average molecular weight is 248 g/mol. The van der Waals surface area contributed by atoms with Gasteiger partial charge in [0.2, 0.25) is 11.8 Å². The van der Waals surface area contributed by atoms with E-state index < -0.39 is 0 Å². The minimum Gasteiger partial charge on any atom is -0.419 e. The van der Waals surface area contributed by atoms with Gasteiger partial charge in [-0.25, -0.2) is 4.98 Å². The number of hydrogen-bond donors (Lipinski definition) is 2. The Balaban J connectivity index is 2.29. The maximum absolute atomic E-state index is 5.58. The molecular formula is C11H12N4OS. The number of rotatable bonds is 3. The van der Waals surface area contributed by atoms with E-state index in [9.17, 15) is 0 Å². The van der Waals surface area contributed by atoms with E-state index in [4.69, 9.17) is 22.7 Å². The number of thiocarbonyl (C=S) groups is 1. The monoisotopic (exact) mass is 248 g/mol. The molecule has 0 radical (unpaired) electrons. The molecule has 6 heteroatoms. The third-order valence-electron chi connectivity index (χ3n) is 2.11. The van der Waals surface area contributed by atoms with Gasteiger partial charge in [0.25, 0.3) is 0 Å². The lowest BCUT2D eigenvalue weighted by atomic mass is 10.2. The summed E-state index contributed by atoms with van der Waals surface area (Å²) in [6, 6.07) is 5.29. The number of aryl methyl sites for hydroxylation is 2. The maximum atomic E-state index is 5.58. The van der Waals surface area contributed by atoms with Crippen molar-refractivity contribution in [1.29, 1.82) is 0 Å². The van der Waals surface area contributed by atoms with E-state index in [1.54, 1.807) is 12.1 Å². The molecule has 0 spiro atoms. The average Bonchev–Trinajstić information content (AvgIpc) is 2.63. The predicted molar refractivity (Wildman–Crippen MR) is 68.3 cm³/mol. The first-order chi connectivity index (χ1) is 8.04. The van der Waals surface area contributed by atoms with Gasteiger partial charge in [-0.05, 0) is 19.9 Å². The highest BCUT2D eigenvalue weighted by Crippen LogP contribution is 2.19. The van der Waals surface area contributed by atoms with Crippen LogP contribution in [0.4, 0.5) is 0 Å². The van der Waals surface area contributed by atoms with Crippen LogP contribution in [0.5, 0.6) is 11.8 Å². The molecular weight excluding hydrogens is 236 g/mol. The second-order valence-corrected chi connectivity index (χ2v) is 4.13. The lowest BCUT2D eigenvalue weighted by molar-refractivity contribution is 0.442. The number of hydrogen-bond acceptors (Lipinski definition) is 4. The number of ether oxygens (including phenoxy) is 1. The first kappa shape index (κ1) is 11.5. The lowest BCUT2D eigenvalue weighted by Crippen LogP contribution is -2.10. The highest BCUT2D eigenvalue weighted by atomic mass is 32.1. The van der Waals surface area contributed by atoms with Gasteiger partial charge in [-0.1, -0.05) is 12.2 Å². The van der Waals surface area contributed by atoms with E-state index in [0.717, 1.165) is 17.0 Å². The Hall–Kier alpha value is -1.95. The summed E-state index contributed by atoms with van der Waals surface area (Å²) < 4.78 is 5.50. The van der Waals surface area contributed by atoms with Gasteiger partial charge >= 0.3 is 0 Å². The summed E-state index contributed by atoms with van der Waals surface area (Å²) in [5.74, 6) is 0.897. The van der Waals surface area contributed by atoms with Crippen molar-refractivity contribution in [2.75, 3.05) is 0 Å². The first-order valence-corrected chi connectivity index (χ1v) is 5.44. The summed E-state index contributed by atoms with van der Waals surface area (Å²) in [5, 5.41) is 6.75. The molecule has 0 amide bonds. The molecule has 5 nitrogen and oxygen atoms in total. The smallest absolute Gasteiger partial charge is 0.240 e. The number of aromatic amines is 1. The minimum absolute atomic E-state index is 0.318. The lowest BCUT2D eigenvalue weighted by Gasteiger charge is -2.05. The SMILES string of the molecule is Cc1cc(C(N)=S)cc(Oc2cc(C)[nH]n2)n1. The number of H-pyrrole nitrogens is 1. The number of nitrogens with zero attached hydrogens (tertiary/aromatic N) is 2. The largest absolute Gasteiger partial charge is 0.419 e. The van der Waals surface area contributed by atoms with Crippen molar-refractivity contribution < 1.29 is 4.74 Å². The molecule has 0 bridgehead atoms. The molecule has 2 heterocycles. The van der Waals surface area contributed by atoms with E-state index in [1.807, 2.05) is 19.9 Å². The number of nitrogens with one attached hydrogen (secondary N) is 1. The molecule has 0 fully saturated rings. The zero-order valence-corrected chi connectivity index (χ0v) is 10.3. The van der Waals surface area contributed by atoms with Gasteiger partial charge in [0.1, 0.15) is 4.99 Å². The van der Waals surface area contributed by atoms with Crippen LogP contribution in [0.1, 0.15) is 17.0 Å². The van der Waals surface area contributed by atoms with E-state index in [0.29, 0.717) is 16.7 Å². The Labute approximate surface area is 104 Å². The number of aromatic nitrogens is 3. The van der Waals surface area contributed by atoms with E-state index >= 15 is 0 Å². The third-order valence-corrected chi connectivity index (χ3v) is 2.34. The van der Waals surface area contributed by atoms with Gasteiger partial charge in [-0.2, -0.15) is 0 Å². The van der Waals surface area contributed by atoms with Crippen LogP contribution in [-0.2, 0) is 0 Å². The molecule has 0 unspecified atom stereocenters. The fraction of sp³-hybridized carbons (Fsp3) is 0.182. The van der Waals surface area contributed by atoms with Gasteiger partial charge in [0, 0.05) is 29.1 Å². The Bertz CT molecular complexity index is 564. The molecule has 0 saturated heterocycles. The zero-order chi connectivity index (χ0) is 12.4. The predicted octanol–water partition coefficient (Wildman–Crippen LogP) is 1.85. The van der Waals surface area contributed by atoms with Crippen molar-refractivity contribution >= 4 is 17.2 Å². The molecule has 17 heavy (non-hydrogen) atoms. The molecule has 3 N–H and O–H groups in total. The van der Waals surface area contributed by atoms with Crippen LogP contribution in [0.25, 0.3) is 0 Å². The van der Waals surface area contributed by atoms with Crippen molar-refractivity contribution in [1.82, 2.24) is 15.2 Å². The van der Waals surface area contributed by atoms with Crippen molar-refractivity contribution in [3.8, 4) is 11.8 Å². The van der Waals surface area contributed by atoms with Gasteiger partial charge in [0.05, 0.1) is 0 Å². The Morgan fingerprint density at radius 2 is 2.06 bits per heavy atom. The first-order valence-electron chi connectivity index (χ1n) is 5.03. The number of nitrogens with two attached hydrogens (primary N) is 1. The second kappa shape index (κ2) is 4.50. The summed E-state index contributed by atoms with van der Waals surface area (Å²) >= 11 is 4.92. The van der Waals surface area contributed by atoms with Crippen molar-refractivity contribution in [2.45, 2.75) is 13.8 Å². The van der Waals surface area contributed by atoms with E-state index in [2.05, 4.69) is 15.2 Å². The Kier molecular flexibility index (Phi) is 3.06. The quantitative estimate of drug-likeness (QED) is 0.811.